The van der Waals surface area contributed by atoms with Crippen molar-refractivity contribution >= 4 is 6.08 Å². The highest BCUT2D eigenvalue weighted by molar-refractivity contribution is 5.40. The van der Waals surface area contributed by atoms with Crippen LogP contribution in [-0.4, -0.2) is 16.1 Å². The maximum atomic E-state index is 8.03. The van der Waals surface area contributed by atoms with Crippen LogP contribution in [0.25, 0.3) is 16.5 Å². The van der Waals surface area contributed by atoms with Crippen molar-refractivity contribution < 1.29 is 0 Å². The molecule has 0 aliphatic heterocycles. The van der Waals surface area contributed by atoms with Gasteiger partial charge in [-0.1, -0.05) is 11.2 Å². The van der Waals surface area contributed by atoms with E-state index in [1.165, 1.54) is 0 Å². The van der Waals surface area contributed by atoms with E-state index in [1.807, 2.05) is 23.8 Å². The number of azide groups is 1. The predicted octanol–water partition coefficient (Wildman–Crippen LogP) is 2.23. The second kappa shape index (κ2) is 5.00. The number of aryl methyl sites for hydroxylation is 1. The summed E-state index contributed by atoms with van der Waals surface area (Å²) in [5, 5.41) is 3.38. The molecule has 0 atom stereocenters. The van der Waals surface area contributed by atoms with Gasteiger partial charge in [-0.05, 0) is 18.5 Å². The van der Waals surface area contributed by atoms with Gasteiger partial charge in [-0.2, -0.15) is 0 Å². The fourth-order valence-corrected chi connectivity index (χ4v) is 0.989. The van der Waals surface area contributed by atoms with E-state index in [-0.39, 0.29) is 0 Å². The van der Waals surface area contributed by atoms with E-state index in [9.17, 15) is 0 Å². The van der Waals surface area contributed by atoms with Crippen LogP contribution >= 0.6 is 0 Å². The molecule has 0 N–H and O–H groups in total. The molecule has 0 aliphatic rings. The number of imidazole rings is 1. The van der Waals surface area contributed by atoms with Gasteiger partial charge in [0.25, 0.3) is 0 Å². The first-order chi connectivity index (χ1) is 6.38. The van der Waals surface area contributed by atoms with Gasteiger partial charge in [-0.15, -0.1) is 0 Å². The first kappa shape index (κ1) is 9.35. The topological polar surface area (TPSA) is 66.6 Å². The number of aromatic nitrogens is 2. The van der Waals surface area contributed by atoms with Crippen LogP contribution in [0.1, 0.15) is 12.7 Å². The van der Waals surface area contributed by atoms with Crippen LogP contribution in [0.5, 0.6) is 0 Å². The Balaban J connectivity index is 2.62. The average molecular weight is 177 g/mol. The van der Waals surface area contributed by atoms with Crippen molar-refractivity contribution in [2.24, 2.45) is 5.11 Å². The molecule has 0 amide bonds. The molecule has 1 rings (SSSR count). The van der Waals surface area contributed by atoms with E-state index in [0.29, 0.717) is 6.54 Å². The molecule has 0 bridgehead atoms. The summed E-state index contributed by atoms with van der Waals surface area (Å²) < 4.78 is 2.01. The molecule has 0 unspecified atom stereocenters. The molecule has 0 fully saturated rings. The van der Waals surface area contributed by atoms with Crippen LogP contribution in [0.2, 0.25) is 0 Å². The standard InChI is InChI=1S/C8H11N5/c1-2-13-7-6-10-8(13)4-3-5-11-12-9/h3-4,6-7H,2,5H2,1H3. The van der Waals surface area contributed by atoms with Gasteiger partial charge in [0.15, 0.2) is 0 Å². The molecule has 5 nitrogen and oxygen atoms in total. The molecule has 0 saturated heterocycles. The van der Waals surface area contributed by atoms with E-state index >= 15 is 0 Å². The second-order valence-electron chi connectivity index (χ2n) is 2.39. The van der Waals surface area contributed by atoms with Gasteiger partial charge >= 0.3 is 0 Å². The normalized spacial score (nSPS) is 10.2. The van der Waals surface area contributed by atoms with E-state index in [1.54, 1.807) is 12.3 Å². The van der Waals surface area contributed by atoms with E-state index < -0.39 is 0 Å². The lowest BCUT2D eigenvalue weighted by atomic mass is 10.4. The minimum absolute atomic E-state index is 0.368. The van der Waals surface area contributed by atoms with Crippen LogP contribution in [0.3, 0.4) is 0 Å². The number of hydrogen-bond acceptors (Lipinski definition) is 2. The minimum Gasteiger partial charge on any atom is -0.332 e. The molecule has 1 heterocycles. The maximum absolute atomic E-state index is 8.03. The van der Waals surface area contributed by atoms with Crippen molar-refractivity contribution in [3.63, 3.8) is 0 Å². The molecule has 0 aliphatic carbocycles. The van der Waals surface area contributed by atoms with Gasteiger partial charge in [0, 0.05) is 30.4 Å². The molecule has 1 aromatic heterocycles. The van der Waals surface area contributed by atoms with Crippen molar-refractivity contribution in [2.45, 2.75) is 13.5 Å². The Bertz CT molecular complexity index is 332. The number of hydrogen-bond donors (Lipinski definition) is 0. The minimum atomic E-state index is 0.368. The summed E-state index contributed by atoms with van der Waals surface area (Å²) in [6, 6.07) is 0. The van der Waals surface area contributed by atoms with Gasteiger partial charge in [0.05, 0.1) is 0 Å². The fourth-order valence-electron chi connectivity index (χ4n) is 0.989. The number of rotatable bonds is 4. The fraction of sp³-hybridized carbons (Fsp3) is 0.375. The van der Waals surface area contributed by atoms with Gasteiger partial charge in [0.1, 0.15) is 5.82 Å². The van der Waals surface area contributed by atoms with Crippen molar-refractivity contribution in [1.29, 1.82) is 0 Å². The first-order valence-corrected chi connectivity index (χ1v) is 4.07. The molecule has 0 spiro atoms. The maximum Gasteiger partial charge on any atom is 0.132 e. The van der Waals surface area contributed by atoms with Crippen LogP contribution < -0.4 is 0 Å². The highest BCUT2D eigenvalue weighted by atomic mass is 15.1. The molecule has 1 aromatic rings. The third-order valence-corrected chi connectivity index (χ3v) is 1.61. The second-order valence-corrected chi connectivity index (χ2v) is 2.39. The number of nitrogens with zero attached hydrogens (tertiary/aromatic N) is 5. The van der Waals surface area contributed by atoms with Crippen LogP contribution in [0, 0.1) is 0 Å². The summed E-state index contributed by atoms with van der Waals surface area (Å²) in [6.45, 7) is 3.31. The predicted molar refractivity (Wildman–Crippen MR) is 50.9 cm³/mol. The zero-order valence-corrected chi connectivity index (χ0v) is 7.46. The zero-order valence-electron chi connectivity index (χ0n) is 7.46. The molecule has 0 saturated carbocycles. The van der Waals surface area contributed by atoms with Gasteiger partial charge in [0.2, 0.25) is 0 Å². The summed E-state index contributed by atoms with van der Waals surface area (Å²) in [5.41, 5.74) is 8.03. The lowest BCUT2D eigenvalue weighted by Gasteiger charge is -1.97. The summed E-state index contributed by atoms with van der Waals surface area (Å²) in [5.74, 6) is 0.885. The Morgan fingerprint density at radius 3 is 3.31 bits per heavy atom. The zero-order chi connectivity index (χ0) is 9.52. The monoisotopic (exact) mass is 177 g/mol. The Hall–Kier alpha value is -1.74. The highest BCUT2D eigenvalue weighted by Crippen LogP contribution is 1.99. The molecular weight excluding hydrogens is 166 g/mol. The third kappa shape index (κ3) is 2.65. The Labute approximate surface area is 76.3 Å². The Kier molecular flexibility index (Phi) is 3.60. The summed E-state index contributed by atoms with van der Waals surface area (Å²) in [4.78, 5) is 6.77. The van der Waals surface area contributed by atoms with Crippen molar-refractivity contribution in [3.05, 3.63) is 34.7 Å². The molecule has 0 aromatic carbocycles. The smallest absolute Gasteiger partial charge is 0.132 e. The summed E-state index contributed by atoms with van der Waals surface area (Å²) >= 11 is 0. The van der Waals surface area contributed by atoms with E-state index in [2.05, 4.69) is 15.0 Å². The molecular formula is C8H11N5. The van der Waals surface area contributed by atoms with Crippen LogP contribution in [0.4, 0.5) is 0 Å². The van der Waals surface area contributed by atoms with Gasteiger partial charge < -0.3 is 4.57 Å². The average Bonchev–Trinajstić information content (AvgIpc) is 2.60. The first-order valence-electron chi connectivity index (χ1n) is 4.07. The Morgan fingerprint density at radius 1 is 1.77 bits per heavy atom. The van der Waals surface area contributed by atoms with Gasteiger partial charge in [-0.3, -0.25) is 0 Å². The van der Waals surface area contributed by atoms with Crippen molar-refractivity contribution in [1.82, 2.24) is 9.55 Å². The lowest BCUT2D eigenvalue weighted by Crippen LogP contribution is -1.94. The SMILES string of the molecule is CCn1ccnc1C=CCN=[N+]=[N-]. The van der Waals surface area contributed by atoms with Crippen molar-refractivity contribution in [2.75, 3.05) is 6.54 Å². The Morgan fingerprint density at radius 2 is 2.62 bits per heavy atom. The van der Waals surface area contributed by atoms with Crippen LogP contribution in [0.15, 0.2) is 23.6 Å². The molecule has 68 valence electrons. The van der Waals surface area contributed by atoms with Gasteiger partial charge in [-0.25, -0.2) is 4.98 Å². The lowest BCUT2D eigenvalue weighted by molar-refractivity contribution is 0.752. The largest absolute Gasteiger partial charge is 0.332 e. The van der Waals surface area contributed by atoms with E-state index in [4.69, 9.17) is 5.53 Å². The van der Waals surface area contributed by atoms with Crippen LogP contribution in [-0.2, 0) is 6.54 Å². The molecule has 5 heteroatoms. The summed E-state index contributed by atoms with van der Waals surface area (Å²) in [6.07, 6.45) is 7.29. The molecule has 0 radical (unpaired) electrons. The van der Waals surface area contributed by atoms with Crippen molar-refractivity contribution in [3.8, 4) is 0 Å². The highest BCUT2D eigenvalue weighted by Gasteiger charge is 1.93. The van der Waals surface area contributed by atoms with E-state index in [0.717, 1.165) is 12.4 Å². The summed E-state index contributed by atoms with van der Waals surface area (Å²) in [7, 11) is 0. The quantitative estimate of drug-likeness (QED) is 0.395. The third-order valence-electron chi connectivity index (χ3n) is 1.61. The molecule has 13 heavy (non-hydrogen) atoms.